The van der Waals surface area contributed by atoms with Crippen LogP contribution in [0.15, 0.2) is 66.0 Å². The lowest BCUT2D eigenvalue weighted by Gasteiger charge is -2.15. The average molecular weight is 603 g/mol. The maximum Gasteiger partial charge on any atom is 0.314 e. The van der Waals surface area contributed by atoms with Gasteiger partial charge in [-0.1, -0.05) is 36.4 Å². The highest BCUT2D eigenvalue weighted by atomic mass is 32.1. The Bertz CT molecular complexity index is 1830. The van der Waals surface area contributed by atoms with Crippen LogP contribution in [0.4, 0.5) is 5.69 Å². The molecule has 1 aliphatic rings. The van der Waals surface area contributed by atoms with Gasteiger partial charge in [-0.2, -0.15) is 4.37 Å². The Hall–Kier alpha value is -3.08. The van der Waals surface area contributed by atoms with Crippen LogP contribution in [0.25, 0.3) is 39.7 Å². The first-order valence-electron chi connectivity index (χ1n) is 13.1. The number of thiophene rings is 3. The van der Waals surface area contributed by atoms with E-state index >= 15 is 0 Å². The van der Waals surface area contributed by atoms with Crippen molar-refractivity contribution >= 4 is 76.7 Å². The molecule has 0 bridgehead atoms. The number of carbonyl (C=O) groups is 1. The highest BCUT2D eigenvalue weighted by Crippen LogP contribution is 2.53. The molecule has 1 fully saturated rings. The smallest absolute Gasteiger partial charge is 0.314 e. The van der Waals surface area contributed by atoms with Crippen LogP contribution in [0.3, 0.4) is 0 Å². The summed E-state index contributed by atoms with van der Waals surface area (Å²) in [6, 6.07) is 21.2. The Kier molecular flexibility index (Phi) is 6.52. The van der Waals surface area contributed by atoms with E-state index in [1.165, 1.54) is 30.7 Å². The number of rotatable bonds is 9. The maximum absolute atomic E-state index is 12.0. The molecule has 0 amide bonds. The molecule has 1 unspecified atom stereocenters. The molecule has 0 saturated heterocycles. The molecule has 1 saturated carbocycles. The second-order valence-electron chi connectivity index (χ2n) is 10.2. The average Bonchev–Trinajstić information content (AvgIpc) is 3.23. The van der Waals surface area contributed by atoms with Crippen LogP contribution in [-0.4, -0.2) is 22.2 Å². The number of anilines is 1. The molecule has 4 heterocycles. The number of aromatic nitrogens is 1. The van der Waals surface area contributed by atoms with Gasteiger partial charge in [0, 0.05) is 19.0 Å². The van der Waals surface area contributed by atoms with E-state index in [0.717, 1.165) is 55.9 Å². The largest absolute Gasteiger partial charge is 0.481 e. The lowest BCUT2D eigenvalue weighted by atomic mass is 9.95. The summed E-state index contributed by atoms with van der Waals surface area (Å²) < 4.78 is 14.3. The lowest BCUT2D eigenvalue weighted by Crippen LogP contribution is -2.18. The van der Waals surface area contributed by atoms with E-state index in [1.54, 1.807) is 34.0 Å². The first-order chi connectivity index (χ1) is 19.4. The molecule has 5 nitrogen and oxygen atoms in total. The van der Waals surface area contributed by atoms with Gasteiger partial charge in [-0.15, -0.1) is 34.0 Å². The fourth-order valence-corrected chi connectivity index (χ4v) is 9.57. The van der Waals surface area contributed by atoms with Gasteiger partial charge in [-0.05, 0) is 89.9 Å². The molecule has 0 radical (unpaired) electrons. The molecular weight excluding hydrogens is 577 g/mol. The lowest BCUT2D eigenvalue weighted by molar-refractivity contribution is -0.139. The number of carboxylic acid groups (broad SMARTS) is 1. The summed E-state index contributed by atoms with van der Waals surface area (Å²) in [4.78, 5) is 15.5. The zero-order valence-corrected chi connectivity index (χ0v) is 25.2. The van der Waals surface area contributed by atoms with E-state index in [4.69, 9.17) is 4.74 Å². The Balaban J connectivity index is 1.13. The first kappa shape index (κ1) is 25.9. The van der Waals surface area contributed by atoms with Crippen LogP contribution in [-0.2, 0) is 14.9 Å². The van der Waals surface area contributed by atoms with Crippen molar-refractivity contribution in [1.29, 1.82) is 0 Å². The normalized spacial score (nSPS) is 15.1. The van der Waals surface area contributed by atoms with Gasteiger partial charge in [-0.25, -0.2) is 0 Å². The molecule has 7 rings (SSSR count). The van der Waals surface area contributed by atoms with Crippen molar-refractivity contribution in [2.75, 3.05) is 12.0 Å². The standard InChI is InChI=1S/C31H26N2O3S4/c1-17-28(32-16-36-18(2)19-6-4-3-5-7-19)29(40-33-17)27-14-26-25(39-27)13-24(38-26)20-8-9-23-21(12-20)22(15-37-23)31(10-11-31)30(34)35/h3-9,12-15,18,32H,10-11,16H2,1-2H3,(H,34,35). The fraction of sp³-hybridized carbons (Fsp3) is 0.226. The Morgan fingerprint density at radius 2 is 1.80 bits per heavy atom. The van der Waals surface area contributed by atoms with Crippen molar-refractivity contribution in [3.05, 3.63) is 82.9 Å². The van der Waals surface area contributed by atoms with Gasteiger partial charge in [0.15, 0.2) is 0 Å². The zero-order valence-electron chi connectivity index (χ0n) is 21.9. The highest BCUT2D eigenvalue weighted by Gasteiger charge is 2.52. The topological polar surface area (TPSA) is 71.5 Å². The maximum atomic E-state index is 12.0. The summed E-state index contributed by atoms with van der Waals surface area (Å²) in [6.07, 6.45) is 1.45. The van der Waals surface area contributed by atoms with Gasteiger partial charge in [0.1, 0.15) is 6.73 Å². The molecule has 1 aliphatic carbocycles. The summed E-state index contributed by atoms with van der Waals surface area (Å²) in [6.45, 7) is 4.50. The number of nitrogens with zero attached hydrogens (tertiary/aromatic N) is 1. The van der Waals surface area contributed by atoms with Crippen LogP contribution in [0.1, 0.15) is 42.7 Å². The number of benzene rings is 2. The highest BCUT2D eigenvalue weighted by molar-refractivity contribution is 7.32. The SMILES string of the molecule is Cc1nsc(-c2cc3sc(-c4ccc5scc(C6(C(=O)O)CC6)c5c4)cc3s2)c1NCOC(C)c1ccccc1. The van der Waals surface area contributed by atoms with Gasteiger partial charge in [-0.3, -0.25) is 4.79 Å². The Morgan fingerprint density at radius 1 is 1.05 bits per heavy atom. The molecule has 202 valence electrons. The van der Waals surface area contributed by atoms with Gasteiger partial charge >= 0.3 is 5.97 Å². The number of fused-ring (bicyclic) bond motifs is 2. The molecule has 4 aromatic heterocycles. The molecular formula is C31H26N2O3S4. The van der Waals surface area contributed by atoms with Crippen molar-refractivity contribution in [3.63, 3.8) is 0 Å². The monoisotopic (exact) mass is 602 g/mol. The van der Waals surface area contributed by atoms with E-state index < -0.39 is 11.4 Å². The molecule has 1 atom stereocenters. The van der Waals surface area contributed by atoms with E-state index in [9.17, 15) is 9.90 Å². The number of aliphatic carboxylic acids is 1. The van der Waals surface area contributed by atoms with Crippen molar-refractivity contribution in [1.82, 2.24) is 4.37 Å². The van der Waals surface area contributed by atoms with Gasteiger partial charge in [0.05, 0.1) is 32.7 Å². The number of aryl methyl sites for hydroxylation is 1. The van der Waals surface area contributed by atoms with Gasteiger partial charge in [0.25, 0.3) is 0 Å². The quantitative estimate of drug-likeness (QED) is 0.161. The molecule has 2 aromatic carbocycles. The molecule has 2 N–H and O–H groups in total. The number of carboxylic acids is 1. The summed E-state index contributed by atoms with van der Waals surface area (Å²) in [5, 5.41) is 16.4. The van der Waals surface area contributed by atoms with Crippen molar-refractivity contribution < 1.29 is 14.6 Å². The van der Waals surface area contributed by atoms with Crippen LogP contribution in [0, 0.1) is 6.92 Å². The van der Waals surface area contributed by atoms with Crippen LogP contribution < -0.4 is 5.32 Å². The van der Waals surface area contributed by atoms with Crippen molar-refractivity contribution in [2.45, 2.75) is 38.2 Å². The number of nitrogens with one attached hydrogen (secondary N) is 1. The molecule has 0 spiro atoms. The number of ether oxygens (including phenoxy) is 1. The fourth-order valence-electron chi connectivity index (χ4n) is 5.17. The molecule has 0 aliphatic heterocycles. The van der Waals surface area contributed by atoms with Gasteiger partial charge < -0.3 is 15.2 Å². The summed E-state index contributed by atoms with van der Waals surface area (Å²) in [5.74, 6) is -0.703. The third-order valence-electron chi connectivity index (χ3n) is 7.68. The van der Waals surface area contributed by atoms with Crippen LogP contribution in [0.2, 0.25) is 0 Å². The van der Waals surface area contributed by atoms with Crippen LogP contribution >= 0.6 is 45.5 Å². The number of hydrogen-bond donors (Lipinski definition) is 2. The van der Waals surface area contributed by atoms with E-state index in [1.807, 2.05) is 30.5 Å². The minimum absolute atomic E-state index is 0.00198. The van der Waals surface area contributed by atoms with E-state index in [2.05, 4.69) is 59.1 Å². The predicted molar refractivity (Wildman–Crippen MR) is 169 cm³/mol. The van der Waals surface area contributed by atoms with Crippen LogP contribution in [0.5, 0.6) is 0 Å². The van der Waals surface area contributed by atoms with Crippen molar-refractivity contribution in [3.8, 4) is 20.2 Å². The Labute approximate surface area is 247 Å². The van der Waals surface area contributed by atoms with E-state index in [-0.39, 0.29) is 6.10 Å². The Morgan fingerprint density at radius 3 is 2.55 bits per heavy atom. The molecule has 9 heteroatoms. The minimum atomic E-state index is -0.703. The summed E-state index contributed by atoms with van der Waals surface area (Å²) in [5.41, 5.74) is 4.59. The minimum Gasteiger partial charge on any atom is -0.481 e. The predicted octanol–water partition coefficient (Wildman–Crippen LogP) is 9.54. The van der Waals surface area contributed by atoms with Gasteiger partial charge in [0.2, 0.25) is 0 Å². The summed E-state index contributed by atoms with van der Waals surface area (Å²) >= 11 is 6.72. The summed E-state index contributed by atoms with van der Waals surface area (Å²) in [7, 11) is 0. The number of hydrogen-bond acceptors (Lipinski definition) is 8. The second-order valence-corrected chi connectivity index (χ2v) is 14.1. The molecule has 40 heavy (non-hydrogen) atoms. The molecule has 6 aromatic rings. The first-order valence-corrected chi connectivity index (χ1v) is 16.4. The third-order valence-corrected chi connectivity index (χ3v) is 12.1. The zero-order chi connectivity index (χ0) is 27.4. The van der Waals surface area contributed by atoms with Crippen molar-refractivity contribution in [2.24, 2.45) is 0 Å². The second kappa shape index (κ2) is 10.1. The van der Waals surface area contributed by atoms with E-state index in [0.29, 0.717) is 6.73 Å². The third kappa shape index (κ3) is 4.46.